The number of para-hydroxylation sites is 2. The molecular weight excluding hydrogens is 362 g/mol. The maximum Gasteiger partial charge on any atom is 0.276 e. The van der Waals surface area contributed by atoms with E-state index in [0.717, 1.165) is 6.42 Å². The highest BCUT2D eigenvalue weighted by Crippen LogP contribution is 2.29. The van der Waals surface area contributed by atoms with Crippen LogP contribution in [0.3, 0.4) is 0 Å². The number of nitrogens with one attached hydrogen (secondary N) is 3. The van der Waals surface area contributed by atoms with E-state index in [2.05, 4.69) is 16.2 Å². The number of carbonyl (C=O) groups excluding carboxylic acids is 3. The van der Waals surface area contributed by atoms with Crippen molar-refractivity contribution in [1.82, 2.24) is 10.9 Å². The number of anilines is 1. The summed E-state index contributed by atoms with van der Waals surface area (Å²) in [6, 6.07) is 14.3. The molecule has 1 aliphatic heterocycles. The van der Waals surface area contributed by atoms with Gasteiger partial charge in [0.25, 0.3) is 11.8 Å². The van der Waals surface area contributed by atoms with Crippen LogP contribution in [0.15, 0.2) is 48.5 Å². The number of ether oxygens (including phenoxy) is 2. The minimum atomic E-state index is -0.972. The summed E-state index contributed by atoms with van der Waals surface area (Å²) in [5, 5.41) is 2.68. The molecule has 0 spiro atoms. The van der Waals surface area contributed by atoms with Gasteiger partial charge in [0, 0.05) is 0 Å². The van der Waals surface area contributed by atoms with E-state index in [-0.39, 0.29) is 13.0 Å². The van der Waals surface area contributed by atoms with Crippen LogP contribution in [-0.4, -0.2) is 30.4 Å². The highest BCUT2D eigenvalue weighted by atomic mass is 16.5. The monoisotopic (exact) mass is 383 g/mol. The molecular formula is C20H21N3O5. The molecule has 2 aromatic carbocycles. The molecule has 0 aromatic heterocycles. The van der Waals surface area contributed by atoms with Crippen molar-refractivity contribution >= 4 is 23.4 Å². The molecule has 0 saturated heterocycles. The molecule has 0 unspecified atom stereocenters. The van der Waals surface area contributed by atoms with Gasteiger partial charge in [-0.25, -0.2) is 0 Å². The number of carbonyl (C=O) groups is 3. The second-order valence-corrected chi connectivity index (χ2v) is 6.18. The summed E-state index contributed by atoms with van der Waals surface area (Å²) in [7, 11) is 0. The normalized spacial score (nSPS) is 14.9. The van der Waals surface area contributed by atoms with Crippen LogP contribution in [0, 0.1) is 0 Å². The van der Waals surface area contributed by atoms with Crippen LogP contribution >= 0.6 is 0 Å². The zero-order valence-electron chi connectivity index (χ0n) is 15.4. The predicted octanol–water partition coefficient (Wildman–Crippen LogP) is 1.56. The lowest BCUT2D eigenvalue weighted by Gasteiger charge is -2.25. The Hall–Kier alpha value is -3.55. The molecule has 8 heteroatoms. The van der Waals surface area contributed by atoms with E-state index >= 15 is 0 Å². The average Bonchev–Trinajstić information content (AvgIpc) is 2.71. The van der Waals surface area contributed by atoms with Crippen LogP contribution in [0.1, 0.15) is 18.9 Å². The van der Waals surface area contributed by atoms with Gasteiger partial charge in [0.05, 0.1) is 12.1 Å². The van der Waals surface area contributed by atoms with Crippen molar-refractivity contribution in [2.75, 3.05) is 11.9 Å². The van der Waals surface area contributed by atoms with Gasteiger partial charge in [-0.15, -0.1) is 0 Å². The van der Waals surface area contributed by atoms with Crippen molar-refractivity contribution in [3.63, 3.8) is 0 Å². The third-order valence-corrected chi connectivity index (χ3v) is 4.12. The van der Waals surface area contributed by atoms with Crippen molar-refractivity contribution in [1.29, 1.82) is 0 Å². The van der Waals surface area contributed by atoms with Gasteiger partial charge in [0.1, 0.15) is 11.5 Å². The molecule has 3 rings (SSSR count). The Morgan fingerprint density at radius 2 is 1.79 bits per heavy atom. The molecule has 3 amide bonds. The smallest absolute Gasteiger partial charge is 0.276 e. The van der Waals surface area contributed by atoms with E-state index in [1.165, 1.54) is 5.56 Å². The van der Waals surface area contributed by atoms with Crippen molar-refractivity contribution < 1.29 is 23.9 Å². The van der Waals surface area contributed by atoms with E-state index in [0.29, 0.717) is 17.2 Å². The number of hydrogen-bond acceptors (Lipinski definition) is 5. The quantitative estimate of drug-likeness (QED) is 0.657. The molecule has 0 bridgehead atoms. The lowest BCUT2D eigenvalue weighted by atomic mass is 10.1. The van der Waals surface area contributed by atoms with Gasteiger partial charge < -0.3 is 14.8 Å². The molecule has 3 N–H and O–H groups in total. The first-order valence-electron chi connectivity index (χ1n) is 8.91. The van der Waals surface area contributed by atoms with Gasteiger partial charge in [-0.2, -0.15) is 0 Å². The second kappa shape index (κ2) is 8.90. The first-order valence-corrected chi connectivity index (χ1v) is 8.91. The van der Waals surface area contributed by atoms with Crippen LogP contribution in [0.2, 0.25) is 0 Å². The summed E-state index contributed by atoms with van der Waals surface area (Å²) in [5.74, 6) is -0.442. The average molecular weight is 383 g/mol. The maximum absolute atomic E-state index is 12.0. The SMILES string of the molecule is CCc1ccc(OCC(=O)NNC(=O)C[C@H]2Oc3ccccc3NC2=O)cc1. The third-order valence-electron chi connectivity index (χ3n) is 4.12. The van der Waals surface area contributed by atoms with E-state index in [9.17, 15) is 14.4 Å². The fraction of sp³-hybridized carbons (Fsp3) is 0.250. The molecule has 0 fully saturated rings. The summed E-state index contributed by atoms with van der Waals surface area (Å²) in [6.07, 6.45) is -0.291. The highest BCUT2D eigenvalue weighted by molar-refractivity contribution is 6.00. The van der Waals surface area contributed by atoms with Gasteiger partial charge in [-0.1, -0.05) is 31.2 Å². The van der Waals surface area contributed by atoms with Crippen molar-refractivity contribution in [3.05, 3.63) is 54.1 Å². The summed E-state index contributed by atoms with van der Waals surface area (Å²) >= 11 is 0. The topological polar surface area (TPSA) is 106 Å². The standard InChI is InChI=1S/C20H21N3O5/c1-2-13-7-9-14(10-8-13)27-12-19(25)23-22-18(24)11-17-20(26)21-15-5-3-4-6-16(15)28-17/h3-10,17H,2,11-12H2,1H3,(H,21,26)(H,22,24)(H,23,25)/t17-/m1/s1. The number of rotatable bonds is 6. The zero-order chi connectivity index (χ0) is 19.9. The maximum atomic E-state index is 12.0. The van der Waals surface area contributed by atoms with E-state index in [1.807, 2.05) is 19.1 Å². The molecule has 0 radical (unpaired) electrons. The van der Waals surface area contributed by atoms with Crippen LogP contribution < -0.4 is 25.6 Å². The Bertz CT molecular complexity index is 866. The number of amides is 3. The summed E-state index contributed by atoms with van der Waals surface area (Å²) < 4.78 is 10.9. The van der Waals surface area contributed by atoms with Crippen LogP contribution in [-0.2, 0) is 20.8 Å². The molecule has 8 nitrogen and oxygen atoms in total. The largest absolute Gasteiger partial charge is 0.484 e. The molecule has 1 atom stereocenters. The molecule has 28 heavy (non-hydrogen) atoms. The number of benzene rings is 2. The Labute approximate surface area is 162 Å². The number of fused-ring (bicyclic) bond motifs is 1. The predicted molar refractivity (Wildman–Crippen MR) is 102 cm³/mol. The minimum absolute atomic E-state index is 0.236. The lowest BCUT2D eigenvalue weighted by molar-refractivity contribution is -0.133. The Kier molecular flexibility index (Phi) is 6.11. The fourth-order valence-electron chi connectivity index (χ4n) is 2.59. The van der Waals surface area contributed by atoms with Crippen molar-refractivity contribution in [2.45, 2.75) is 25.9 Å². The Morgan fingerprint density at radius 1 is 1.07 bits per heavy atom. The molecule has 146 valence electrons. The van der Waals surface area contributed by atoms with Crippen LogP contribution in [0.25, 0.3) is 0 Å². The minimum Gasteiger partial charge on any atom is -0.484 e. The number of aryl methyl sites for hydroxylation is 1. The Balaban J connectivity index is 1.41. The van der Waals surface area contributed by atoms with Gasteiger partial charge in [-0.3, -0.25) is 25.2 Å². The second-order valence-electron chi connectivity index (χ2n) is 6.18. The fourth-order valence-corrected chi connectivity index (χ4v) is 2.59. The summed E-state index contributed by atoms with van der Waals surface area (Å²) in [6.45, 7) is 1.80. The summed E-state index contributed by atoms with van der Waals surface area (Å²) in [4.78, 5) is 35.8. The van der Waals surface area contributed by atoms with Gasteiger partial charge in [0.2, 0.25) is 5.91 Å². The first kappa shape index (κ1) is 19.2. The van der Waals surface area contributed by atoms with Crippen molar-refractivity contribution in [2.24, 2.45) is 0 Å². The highest BCUT2D eigenvalue weighted by Gasteiger charge is 2.29. The van der Waals surface area contributed by atoms with E-state index in [4.69, 9.17) is 9.47 Å². The van der Waals surface area contributed by atoms with Crippen LogP contribution in [0.4, 0.5) is 5.69 Å². The van der Waals surface area contributed by atoms with E-state index < -0.39 is 23.8 Å². The first-order chi connectivity index (χ1) is 13.5. The van der Waals surface area contributed by atoms with E-state index in [1.54, 1.807) is 36.4 Å². The lowest BCUT2D eigenvalue weighted by Crippen LogP contribution is -2.47. The molecule has 0 aliphatic carbocycles. The molecule has 1 heterocycles. The molecule has 2 aromatic rings. The van der Waals surface area contributed by atoms with Gasteiger partial charge >= 0.3 is 0 Å². The number of hydrogen-bond donors (Lipinski definition) is 3. The van der Waals surface area contributed by atoms with Gasteiger partial charge in [-0.05, 0) is 36.2 Å². The van der Waals surface area contributed by atoms with Crippen LogP contribution in [0.5, 0.6) is 11.5 Å². The summed E-state index contributed by atoms with van der Waals surface area (Å²) in [5.41, 5.74) is 6.22. The molecule has 0 saturated carbocycles. The third kappa shape index (κ3) is 5.00. The van der Waals surface area contributed by atoms with Gasteiger partial charge in [0.15, 0.2) is 12.7 Å². The number of hydrazine groups is 1. The Morgan fingerprint density at radius 3 is 2.54 bits per heavy atom. The molecule has 1 aliphatic rings. The van der Waals surface area contributed by atoms with Crippen molar-refractivity contribution in [3.8, 4) is 11.5 Å². The zero-order valence-corrected chi connectivity index (χ0v) is 15.4.